The van der Waals surface area contributed by atoms with Crippen LogP contribution in [0.5, 0.6) is 0 Å². The molecule has 0 saturated carbocycles. The Morgan fingerprint density at radius 3 is 2.62 bits per heavy atom. The average molecular weight is 128 g/mol. The molecule has 0 aromatic carbocycles. The molecule has 1 nitrogen and oxygen atoms in total. The molecule has 0 spiro atoms. The van der Waals surface area contributed by atoms with Crippen LogP contribution in [0.15, 0.2) is 11.5 Å². The van der Waals surface area contributed by atoms with Crippen molar-refractivity contribution < 1.29 is 4.74 Å². The number of ether oxygens (including phenoxy) is 1. The molecule has 1 aliphatic heterocycles. The van der Waals surface area contributed by atoms with Gasteiger partial charge in [0.15, 0.2) is 0 Å². The second-order valence-electron chi connectivity index (χ2n) is 2.40. The molecule has 0 aliphatic carbocycles. The summed E-state index contributed by atoms with van der Waals surface area (Å²) in [6.07, 6.45) is 3.37. The van der Waals surface area contributed by atoms with Crippen molar-refractivity contribution in [2.75, 3.05) is 6.61 Å². The van der Waals surface area contributed by atoms with Crippen LogP contribution >= 0.6 is 0 Å². The molecule has 2 heteroatoms. The molecule has 0 aromatic heterocycles. The number of hydrogen-bond donors (Lipinski definition) is 0. The lowest BCUT2D eigenvalue weighted by molar-refractivity contribution is 0.266. The molecule has 0 atom stereocenters. The highest BCUT2D eigenvalue weighted by Crippen LogP contribution is 2.11. The van der Waals surface area contributed by atoms with Crippen molar-refractivity contribution in [3.05, 3.63) is 11.5 Å². The first-order valence-electron chi connectivity index (χ1n) is 3.13. The molecule has 0 fully saturated rings. The zero-order valence-electron chi connectivity index (χ0n) is 5.48. The van der Waals surface area contributed by atoms with Crippen LogP contribution in [0, 0.1) is 0 Å². The Labute approximate surface area is 52.0 Å². The summed E-state index contributed by atoms with van der Waals surface area (Å²) >= 11 is 0. The van der Waals surface area contributed by atoms with Gasteiger partial charge in [-0.05, 0) is 6.08 Å². The molecule has 0 amide bonds. The van der Waals surface area contributed by atoms with Crippen LogP contribution in [-0.4, -0.2) is 15.4 Å². The van der Waals surface area contributed by atoms with E-state index in [9.17, 15) is 0 Å². The molecule has 0 unspecified atom stereocenters. The van der Waals surface area contributed by atoms with Gasteiger partial charge in [-0.15, -0.1) is 0 Å². The zero-order chi connectivity index (χ0) is 5.98. The predicted octanol–water partition coefficient (Wildman–Crippen LogP) is 1.32. The standard InChI is InChI=1S/C6H12OSi/c1-8(2)6-4-3-5-7-6/h4,8H,3,5H2,1-2H3. The third-order valence-corrected chi connectivity index (χ3v) is 2.84. The molecular formula is C6H12OSi. The van der Waals surface area contributed by atoms with Gasteiger partial charge in [-0.2, -0.15) is 0 Å². The summed E-state index contributed by atoms with van der Waals surface area (Å²) in [5, 5.41) is 1.31. The van der Waals surface area contributed by atoms with Crippen LogP contribution in [0.2, 0.25) is 13.1 Å². The Hall–Kier alpha value is -0.243. The van der Waals surface area contributed by atoms with Crippen LogP contribution in [0.3, 0.4) is 0 Å². The molecule has 0 aromatic rings. The van der Waals surface area contributed by atoms with E-state index in [2.05, 4.69) is 19.2 Å². The van der Waals surface area contributed by atoms with Crippen molar-refractivity contribution >= 4 is 8.80 Å². The van der Waals surface area contributed by atoms with Crippen molar-refractivity contribution in [2.45, 2.75) is 19.5 Å². The van der Waals surface area contributed by atoms with E-state index in [-0.39, 0.29) is 0 Å². The van der Waals surface area contributed by atoms with Crippen molar-refractivity contribution in [3.63, 3.8) is 0 Å². The van der Waals surface area contributed by atoms with E-state index in [0.717, 1.165) is 13.0 Å². The van der Waals surface area contributed by atoms with Crippen LogP contribution in [0.25, 0.3) is 0 Å². The maximum Gasteiger partial charge on any atom is 0.109 e. The van der Waals surface area contributed by atoms with Gasteiger partial charge >= 0.3 is 0 Å². The van der Waals surface area contributed by atoms with E-state index in [4.69, 9.17) is 4.74 Å². The van der Waals surface area contributed by atoms with Crippen molar-refractivity contribution in [2.24, 2.45) is 0 Å². The summed E-state index contributed by atoms with van der Waals surface area (Å²) in [7, 11) is -0.584. The molecule has 1 aliphatic rings. The van der Waals surface area contributed by atoms with E-state index in [1.165, 1.54) is 5.38 Å². The Morgan fingerprint density at radius 2 is 2.38 bits per heavy atom. The molecule has 46 valence electrons. The Morgan fingerprint density at radius 1 is 1.62 bits per heavy atom. The third kappa shape index (κ3) is 1.13. The minimum atomic E-state index is -0.584. The largest absolute Gasteiger partial charge is 0.503 e. The third-order valence-electron chi connectivity index (χ3n) is 1.30. The van der Waals surface area contributed by atoms with Gasteiger partial charge < -0.3 is 4.74 Å². The van der Waals surface area contributed by atoms with Gasteiger partial charge in [-0.1, -0.05) is 13.1 Å². The van der Waals surface area contributed by atoms with E-state index in [1.54, 1.807) is 0 Å². The van der Waals surface area contributed by atoms with Crippen LogP contribution in [0.4, 0.5) is 0 Å². The van der Waals surface area contributed by atoms with E-state index < -0.39 is 8.80 Å². The second kappa shape index (κ2) is 2.35. The zero-order valence-corrected chi connectivity index (χ0v) is 6.63. The SMILES string of the molecule is C[SiH](C)C1=CCCO1. The van der Waals surface area contributed by atoms with E-state index in [1.807, 2.05) is 0 Å². The molecule has 0 N–H and O–H groups in total. The molecule has 0 saturated heterocycles. The van der Waals surface area contributed by atoms with E-state index >= 15 is 0 Å². The number of hydrogen-bond acceptors (Lipinski definition) is 1. The summed E-state index contributed by atoms with van der Waals surface area (Å²) < 4.78 is 5.34. The topological polar surface area (TPSA) is 9.23 Å². The molecular weight excluding hydrogens is 116 g/mol. The molecule has 0 bridgehead atoms. The minimum Gasteiger partial charge on any atom is -0.503 e. The highest BCUT2D eigenvalue weighted by molar-refractivity contribution is 6.63. The minimum absolute atomic E-state index is 0.584. The summed E-state index contributed by atoms with van der Waals surface area (Å²) in [4.78, 5) is 0. The van der Waals surface area contributed by atoms with Gasteiger partial charge in [0.1, 0.15) is 8.80 Å². The molecule has 0 radical (unpaired) electrons. The lowest BCUT2D eigenvalue weighted by atomic mass is 10.5. The Kier molecular flexibility index (Phi) is 1.73. The first-order valence-corrected chi connectivity index (χ1v) is 6.02. The van der Waals surface area contributed by atoms with Crippen molar-refractivity contribution in [1.29, 1.82) is 0 Å². The maximum absolute atomic E-state index is 5.34. The Balaban J connectivity index is 2.45. The number of rotatable bonds is 1. The monoisotopic (exact) mass is 128 g/mol. The van der Waals surface area contributed by atoms with Gasteiger partial charge in [0, 0.05) is 6.42 Å². The van der Waals surface area contributed by atoms with Gasteiger partial charge in [0.25, 0.3) is 0 Å². The van der Waals surface area contributed by atoms with Crippen LogP contribution in [-0.2, 0) is 4.74 Å². The fourth-order valence-corrected chi connectivity index (χ4v) is 1.93. The summed E-state index contributed by atoms with van der Waals surface area (Å²) in [5.74, 6) is 0. The molecule has 8 heavy (non-hydrogen) atoms. The summed E-state index contributed by atoms with van der Waals surface area (Å²) in [6, 6.07) is 0. The van der Waals surface area contributed by atoms with Gasteiger partial charge in [-0.3, -0.25) is 0 Å². The van der Waals surface area contributed by atoms with Gasteiger partial charge in [-0.25, -0.2) is 0 Å². The predicted molar refractivity (Wildman–Crippen MR) is 37.5 cm³/mol. The van der Waals surface area contributed by atoms with Crippen molar-refractivity contribution in [1.82, 2.24) is 0 Å². The highest BCUT2D eigenvalue weighted by Gasteiger charge is 2.08. The quantitative estimate of drug-likeness (QED) is 0.484. The highest BCUT2D eigenvalue weighted by atomic mass is 28.3. The summed E-state index contributed by atoms with van der Waals surface area (Å²) in [6.45, 7) is 5.51. The van der Waals surface area contributed by atoms with Crippen molar-refractivity contribution in [3.8, 4) is 0 Å². The first-order chi connectivity index (χ1) is 3.80. The normalized spacial score (nSPS) is 18.6. The fourth-order valence-electron chi connectivity index (χ4n) is 0.839. The second-order valence-corrected chi connectivity index (χ2v) is 5.28. The van der Waals surface area contributed by atoms with E-state index in [0.29, 0.717) is 0 Å². The fraction of sp³-hybridized carbons (Fsp3) is 0.667. The van der Waals surface area contributed by atoms with Gasteiger partial charge in [0.05, 0.1) is 12.0 Å². The van der Waals surface area contributed by atoms with Gasteiger partial charge in [0.2, 0.25) is 0 Å². The lowest BCUT2D eigenvalue weighted by Crippen LogP contribution is -2.05. The van der Waals surface area contributed by atoms with Crippen LogP contribution < -0.4 is 0 Å². The summed E-state index contributed by atoms with van der Waals surface area (Å²) in [5.41, 5.74) is 0. The Bertz CT molecular complexity index is 107. The molecule has 1 rings (SSSR count). The molecule has 1 heterocycles. The van der Waals surface area contributed by atoms with Crippen LogP contribution in [0.1, 0.15) is 6.42 Å². The average Bonchev–Trinajstić information content (AvgIpc) is 2.12. The first kappa shape index (κ1) is 5.89. The lowest BCUT2D eigenvalue weighted by Gasteiger charge is -2.03. The smallest absolute Gasteiger partial charge is 0.109 e. The maximum atomic E-state index is 5.34.